The molecule has 3 rings (SSSR count). The van der Waals surface area contributed by atoms with Crippen molar-refractivity contribution in [2.45, 2.75) is 6.92 Å². The number of rotatable bonds is 4. The number of hydrogen-bond donors (Lipinski definition) is 1. The Labute approximate surface area is 137 Å². The van der Waals surface area contributed by atoms with Crippen LogP contribution in [-0.4, -0.2) is 20.2 Å². The lowest BCUT2D eigenvalue weighted by molar-refractivity contribution is -0.384. The van der Waals surface area contributed by atoms with Gasteiger partial charge in [0, 0.05) is 24.4 Å². The summed E-state index contributed by atoms with van der Waals surface area (Å²) < 4.78 is 1.85. The van der Waals surface area contributed by atoms with Crippen molar-refractivity contribution in [2.75, 3.05) is 5.32 Å². The summed E-state index contributed by atoms with van der Waals surface area (Å²) in [4.78, 5) is 26.6. The van der Waals surface area contributed by atoms with E-state index in [1.165, 1.54) is 18.2 Å². The number of carbonyl (C=O) groups is 1. The first-order valence-electron chi connectivity index (χ1n) is 7.21. The maximum absolute atomic E-state index is 12.1. The van der Waals surface area contributed by atoms with Crippen LogP contribution in [0.1, 0.15) is 11.3 Å². The summed E-state index contributed by atoms with van der Waals surface area (Å²) in [7, 11) is 0. The second-order valence-electron chi connectivity index (χ2n) is 5.19. The Morgan fingerprint density at radius 2 is 2.17 bits per heavy atom. The smallest absolute Gasteiger partial charge is 0.271 e. The average molecular weight is 322 g/mol. The van der Waals surface area contributed by atoms with Gasteiger partial charge in [0.1, 0.15) is 5.65 Å². The summed E-state index contributed by atoms with van der Waals surface area (Å²) in [5.41, 5.74) is 2.64. The molecule has 1 N–H and O–H groups in total. The number of aryl methyl sites for hydroxylation is 1. The largest absolute Gasteiger partial charge is 0.322 e. The fourth-order valence-corrected chi connectivity index (χ4v) is 2.27. The van der Waals surface area contributed by atoms with Gasteiger partial charge in [-0.2, -0.15) is 0 Å². The Kier molecular flexibility index (Phi) is 4.07. The molecule has 0 saturated heterocycles. The number of nitrogens with zero attached hydrogens (tertiary/aromatic N) is 3. The van der Waals surface area contributed by atoms with Gasteiger partial charge in [-0.3, -0.25) is 14.9 Å². The standard InChI is InChI=1S/C17H14N4O3/c1-12-5-6-13(21(23)24)10-15(12)19-17(22)8-7-14-11-18-16-4-2-3-9-20(14)16/h2-11H,1H3,(H,19,22)/b8-7+. The molecule has 0 fully saturated rings. The van der Waals surface area contributed by atoms with Crippen molar-refractivity contribution in [3.63, 3.8) is 0 Å². The topological polar surface area (TPSA) is 89.5 Å². The first-order valence-corrected chi connectivity index (χ1v) is 7.21. The molecule has 3 aromatic rings. The predicted molar refractivity (Wildman–Crippen MR) is 90.7 cm³/mol. The number of amides is 1. The van der Waals surface area contributed by atoms with E-state index in [1.54, 1.807) is 25.3 Å². The summed E-state index contributed by atoms with van der Waals surface area (Å²) in [5.74, 6) is -0.371. The first kappa shape index (κ1) is 15.4. The molecule has 0 spiro atoms. The minimum Gasteiger partial charge on any atom is -0.322 e. The summed E-state index contributed by atoms with van der Waals surface area (Å²) >= 11 is 0. The normalized spacial score (nSPS) is 11.0. The van der Waals surface area contributed by atoms with Crippen LogP contribution in [0.5, 0.6) is 0 Å². The van der Waals surface area contributed by atoms with Gasteiger partial charge in [-0.15, -0.1) is 0 Å². The van der Waals surface area contributed by atoms with Gasteiger partial charge in [-0.05, 0) is 30.7 Å². The third kappa shape index (κ3) is 3.14. The Morgan fingerprint density at radius 3 is 2.96 bits per heavy atom. The summed E-state index contributed by atoms with van der Waals surface area (Å²) in [6, 6.07) is 9.96. The fourth-order valence-electron chi connectivity index (χ4n) is 2.27. The van der Waals surface area contributed by atoms with Crippen molar-refractivity contribution in [1.29, 1.82) is 0 Å². The van der Waals surface area contributed by atoms with Crippen LogP contribution in [0.2, 0.25) is 0 Å². The molecule has 120 valence electrons. The Hall–Kier alpha value is -3.48. The Balaban J connectivity index is 1.78. The number of carbonyl (C=O) groups excluding carboxylic acids is 1. The van der Waals surface area contributed by atoms with Crippen molar-refractivity contribution in [3.05, 3.63) is 76.2 Å². The van der Waals surface area contributed by atoms with Gasteiger partial charge in [-0.25, -0.2) is 4.98 Å². The number of benzene rings is 1. The molecule has 0 bridgehead atoms. The van der Waals surface area contributed by atoms with Crippen LogP contribution in [-0.2, 0) is 4.79 Å². The van der Waals surface area contributed by atoms with Crippen molar-refractivity contribution in [2.24, 2.45) is 0 Å². The lowest BCUT2D eigenvalue weighted by Gasteiger charge is -2.05. The van der Waals surface area contributed by atoms with Crippen LogP contribution < -0.4 is 5.32 Å². The van der Waals surface area contributed by atoms with E-state index >= 15 is 0 Å². The molecule has 2 heterocycles. The van der Waals surface area contributed by atoms with E-state index in [0.29, 0.717) is 5.69 Å². The van der Waals surface area contributed by atoms with Gasteiger partial charge in [0.05, 0.1) is 22.5 Å². The molecule has 7 heteroatoms. The molecule has 7 nitrogen and oxygen atoms in total. The fraction of sp³-hybridized carbons (Fsp3) is 0.0588. The molecule has 0 atom stereocenters. The van der Waals surface area contributed by atoms with Crippen molar-refractivity contribution < 1.29 is 9.72 Å². The van der Waals surface area contributed by atoms with Crippen molar-refractivity contribution in [1.82, 2.24) is 9.38 Å². The number of pyridine rings is 1. The van der Waals surface area contributed by atoms with Gasteiger partial charge in [0.25, 0.3) is 5.69 Å². The predicted octanol–water partition coefficient (Wildman–Crippen LogP) is 3.20. The van der Waals surface area contributed by atoms with Gasteiger partial charge in [0.15, 0.2) is 0 Å². The summed E-state index contributed by atoms with van der Waals surface area (Å²) in [5, 5.41) is 13.5. The van der Waals surface area contributed by atoms with Crippen LogP contribution in [0.4, 0.5) is 11.4 Å². The molecule has 24 heavy (non-hydrogen) atoms. The van der Waals surface area contributed by atoms with Gasteiger partial charge < -0.3 is 9.72 Å². The van der Waals surface area contributed by atoms with E-state index in [4.69, 9.17) is 0 Å². The monoisotopic (exact) mass is 322 g/mol. The maximum Gasteiger partial charge on any atom is 0.271 e. The van der Waals surface area contributed by atoms with E-state index in [9.17, 15) is 14.9 Å². The van der Waals surface area contributed by atoms with Crippen LogP contribution >= 0.6 is 0 Å². The molecule has 0 radical (unpaired) electrons. The number of non-ortho nitro benzene ring substituents is 1. The Morgan fingerprint density at radius 1 is 1.33 bits per heavy atom. The van der Waals surface area contributed by atoms with Crippen molar-refractivity contribution in [3.8, 4) is 0 Å². The third-order valence-electron chi connectivity index (χ3n) is 3.54. The number of nitro groups is 1. The highest BCUT2D eigenvalue weighted by molar-refractivity contribution is 6.02. The Bertz CT molecular complexity index is 959. The summed E-state index contributed by atoms with van der Waals surface area (Å²) in [6.07, 6.45) is 6.53. The molecular formula is C17H14N4O3. The van der Waals surface area contributed by atoms with Gasteiger partial charge in [-0.1, -0.05) is 12.1 Å². The van der Waals surface area contributed by atoms with Crippen LogP contribution in [0.15, 0.2) is 54.9 Å². The molecule has 0 aliphatic heterocycles. The van der Waals surface area contributed by atoms with Gasteiger partial charge >= 0.3 is 0 Å². The zero-order valence-corrected chi connectivity index (χ0v) is 12.8. The number of hydrogen-bond acceptors (Lipinski definition) is 4. The molecule has 1 amide bonds. The highest BCUT2D eigenvalue weighted by Gasteiger charge is 2.10. The highest BCUT2D eigenvalue weighted by atomic mass is 16.6. The minimum absolute atomic E-state index is 0.0679. The van der Waals surface area contributed by atoms with Crippen molar-refractivity contribution >= 4 is 29.0 Å². The SMILES string of the molecule is Cc1ccc([N+](=O)[O-])cc1NC(=O)/C=C/c1cnc2ccccn12. The number of anilines is 1. The molecule has 2 aromatic heterocycles. The van der Waals surface area contributed by atoms with E-state index < -0.39 is 4.92 Å². The molecular weight excluding hydrogens is 308 g/mol. The lowest BCUT2D eigenvalue weighted by atomic mass is 10.2. The lowest BCUT2D eigenvalue weighted by Crippen LogP contribution is -2.09. The second-order valence-corrected chi connectivity index (χ2v) is 5.19. The first-order chi connectivity index (χ1) is 11.5. The highest BCUT2D eigenvalue weighted by Crippen LogP contribution is 2.21. The van der Waals surface area contributed by atoms with E-state index in [2.05, 4.69) is 10.3 Å². The maximum atomic E-state index is 12.1. The summed E-state index contributed by atoms with van der Waals surface area (Å²) in [6.45, 7) is 1.77. The van der Waals surface area contributed by atoms with E-state index in [1.807, 2.05) is 28.8 Å². The second kappa shape index (κ2) is 6.33. The van der Waals surface area contributed by atoms with Gasteiger partial charge in [0.2, 0.25) is 5.91 Å². The van der Waals surface area contributed by atoms with Crippen LogP contribution in [0, 0.1) is 17.0 Å². The molecule has 0 aliphatic rings. The quantitative estimate of drug-likeness (QED) is 0.454. The molecule has 1 aromatic carbocycles. The zero-order valence-electron chi connectivity index (χ0n) is 12.8. The minimum atomic E-state index is -0.497. The van der Waals surface area contributed by atoms with E-state index in [-0.39, 0.29) is 11.6 Å². The molecule has 0 aliphatic carbocycles. The molecule has 0 saturated carbocycles. The number of nitro benzene ring substituents is 1. The molecule has 0 unspecified atom stereocenters. The van der Waals surface area contributed by atoms with E-state index in [0.717, 1.165) is 16.9 Å². The number of nitrogens with one attached hydrogen (secondary N) is 1. The number of aromatic nitrogens is 2. The number of imidazole rings is 1. The van der Waals surface area contributed by atoms with Crippen LogP contribution in [0.3, 0.4) is 0 Å². The third-order valence-corrected chi connectivity index (χ3v) is 3.54. The zero-order chi connectivity index (χ0) is 17.1. The number of fused-ring (bicyclic) bond motifs is 1. The van der Waals surface area contributed by atoms with Crippen LogP contribution in [0.25, 0.3) is 11.7 Å². The average Bonchev–Trinajstić information content (AvgIpc) is 2.98.